The molecule has 0 aliphatic carbocycles. The Bertz CT molecular complexity index is 628. The third kappa shape index (κ3) is 2.59. The molecule has 0 radical (unpaired) electrons. The predicted octanol–water partition coefficient (Wildman–Crippen LogP) is 2.42. The number of rotatable bonds is 3. The van der Waals surface area contributed by atoms with E-state index in [9.17, 15) is 14.9 Å². The molecule has 0 fully saturated rings. The zero-order valence-electron chi connectivity index (χ0n) is 10.2. The second-order valence-corrected chi connectivity index (χ2v) is 3.84. The number of nitrogens with zero attached hydrogens (tertiary/aromatic N) is 2. The molecule has 1 heterocycles. The molecule has 0 amide bonds. The van der Waals surface area contributed by atoms with Crippen LogP contribution < -0.4 is 4.74 Å². The maximum absolute atomic E-state index is 11.9. The van der Waals surface area contributed by atoms with Gasteiger partial charge in [-0.1, -0.05) is 11.2 Å². The highest BCUT2D eigenvalue weighted by molar-refractivity contribution is 5.93. The molecule has 0 atom stereocenters. The van der Waals surface area contributed by atoms with Crippen molar-refractivity contribution >= 4 is 11.7 Å². The zero-order valence-corrected chi connectivity index (χ0v) is 10.2. The van der Waals surface area contributed by atoms with Crippen LogP contribution in [-0.2, 0) is 0 Å². The number of carbonyl (C=O) groups is 1. The normalized spacial score (nSPS) is 10.2. The van der Waals surface area contributed by atoms with E-state index in [0.29, 0.717) is 11.5 Å². The summed E-state index contributed by atoms with van der Waals surface area (Å²) in [4.78, 5) is 22.0. The fourth-order valence-corrected chi connectivity index (χ4v) is 1.59. The van der Waals surface area contributed by atoms with E-state index < -0.39 is 10.9 Å². The van der Waals surface area contributed by atoms with Crippen LogP contribution in [-0.4, -0.2) is 16.0 Å². The molecule has 7 nitrogen and oxygen atoms in total. The first kappa shape index (κ1) is 12.7. The summed E-state index contributed by atoms with van der Waals surface area (Å²) in [5.74, 6) is -0.219. The van der Waals surface area contributed by atoms with E-state index in [2.05, 4.69) is 5.16 Å². The van der Waals surface area contributed by atoms with Gasteiger partial charge in [-0.05, 0) is 19.9 Å². The fourth-order valence-electron chi connectivity index (χ4n) is 1.59. The van der Waals surface area contributed by atoms with Gasteiger partial charge in [-0.25, -0.2) is 4.79 Å². The van der Waals surface area contributed by atoms with Gasteiger partial charge < -0.3 is 9.26 Å². The highest BCUT2D eigenvalue weighted by Crippen LogP contribution is 2.21. The number of non-ortho nitro benzene ring substituents is 1. The van der Waals surface area contributed by atoms with E-state index in [1.165, 1.54) is 24.3 Å². The van der Waals surface area contributed by atoms with Crippen molar-refractivity contribution in [2.24, 2.45) is 0 Å². The van der Waals surface area contributed by atoms with Crippen molar-refractivity contribution in [3.63, 3.8) is 0 Å². The first-order chi connectivity index (χ1) is 8.99. The van der Waals surface area contributed by atoms with Gasteiger partial charge in [0, 0.05) is 6.07 Å². The number of hydrogen-bond acceptors (Lipinski definition) is 6. The molecule has 7 heteroatoms. The van der Waals surface area contributed by atoms with Crippen molar-refractivity contribution in [3.8, 4) is 5.75 Å². The summed E-state index contributed by atoms with van der Waals surface area (Å²) in [6.07, 6.45) is 0. The minimum Gasteiger partial charge on any atom is -0.423 e. The molecule has 0 saturated heterocycles. The monoisotopic (exact) mass is 262 g/mol. The molecular weight excluding hydrogens is 252 g/mol. The number of esters is 1. The Labute approximate surface area is 107 Å². The van der Waals surface area contributed by atoms with E-state index in [-0.39, 0.29) is 17.0 Å². The number of aryl methyl sites for hydroxylation is 2. The van der Waals surface area contributed by atoms with Crippen molar-refractivity contribution in [3.05, 3.63) is 51.4 Å². The fraction of sp³-hybridized carbons (Fsp3) is 0.167. The molecule has 2 aromatic rings. The number of benzene rings is 1. The van der Waals surface area contributed by atoms with Gasteiger partial charge >= 0.3 is 5.97 Å². The van der Waals surface area contributed by atoms with E-state index in [1.807, 2.05) is 0 Å². The van der Waals surface area contributed by atoms with E-state index in [4.69, 9.17) is 9.26 Å². The number of ether oxygens (including phenoxy) is 1. The van der Waals surface area contributed by atoms with Gasteiger partial charge in [0.05, 0.1) is 16.7 Å². The number of aromatic nitrogens is 1. The molecule has 1 aromatic heterocycles. The topological polar surface area (TPSA) is 95.5 Å². The summed E-state index contributed by atoms with van der Waals surface area (Å²) in [7, 11) is 0. The lowest BCUT2D eigenvalue weighted by molar-refractivity contribution is -0.384. The van der Waals surface area contributed by atoms with Crippen LogP contribution in [0.1, 0.15) is 21.8 Å². The van der Waals surface area contributed by atoms with Crippen molar-refractivity contribution in [2.75, 3.05) is 0 Å². The van der Waals surface area contributed by atoms with Gasteiger partial charge in [-0.3, -0.25) is 10.1 Å². The quantitative estimate of drug-likeness (QED) is 0.365. The van der Waals surface area contributed by atoms with Crippen LogP contribution in [0.4, 0.5) is 5.69 Å². The maximum atomic E-state index is 11.9. The summed E-state index contributed by atoms with van der Waals surface area (Å²) >= 11 is 0. The molecule has 2 rings (SSSR count). The Balaban J connectivity index is 2.24. The number of carbonyl (C=O) groups excluding carboxylic acids is 1. The average Bonchev–Trinajstić information content (AvgIpc) is 2.69. The van der Waals surface area contributed by atoms with Crippen LogP contribution in [0, 0.1) is 24.0 Å². The standard InChI is InChI=1S/C12H10N2O5/c1-7-11(8(2)19-13-7)12(15)18-10-5-3-4-9(6-10)14(16)17/h3-6H,1-2H3. The lowest BCUT2D eigenvalue weighted by atomic mass is 10.2. The Morgan fingerprint density at radius 1 is 1.42 bits per heavy atom. The van der Waals surface area contributed by atoms with Crippen molar-refractivity contribution in [2.45, 2.75) is 13.8 Å². The van der Waals surface area contributed by atoms with E-state index in [0.717, 1.165) is 0 Å². The Morgan fingerprint density at radius 2 is 2.16 bits per heavy atom. The second kappa shape index (κ2) is 4.89. The minimum absolute atomic E-state index is 0.0965. The Morgan fingerprint density at radius 3 is 2.74 bits per heavy atom. The molecule has 0 spiro atoms. The number of nitro groups is 1. The third-order valence-corrected chi connectivity index (χ3v) is 2.48. The summed E-state index contributed by atoms with van der Waals surface area (Å²) in [5, 5.41) is 14.3. The van der Waals surface area contributed by atoms with Crippen LogP contribution in [0.15, 0.2) is 28.8 Å². The van der Waals surface area contributed by atoms with Gasteiger partial charge in [0.1, 0.15) is 17.1 Å². The lowest BCUT2D eigenvalue weighted by Crippen LogP contribution is -2.10. The summed E-state index contributed by atoms with van der Waals surface area (Å²) in [6.45, 7) is 3.20. The maximum Gasteiger partial charge on any atom is 0.349 e. The largest absolute Gasteiger partial charge is 0.423 e. The van der Waals surface area contributed by atoms with Gasteiger partial charge in [-0.2, -0.15) is 0 Å². The minimum atomic E-state index is -0.656. The van der Waals surface area contributed by atoms with Gasteiger partial charge in [-0.15, -0.1) is 0 Å². The molecular formula is C12H10N2O5. The zero-order chi connectivity index (χ0) is 14.0. The molecule has 0 N–H and O–H groups in total. The average molecular weight is 262 g/mol. The second-order valence-electron chi connectivity index (χ2n) is 3.84. The van der Waals surface area contributed by atoms with Gasteiger partial charge in [0.15, 0.2) is 0 Å². The highest BCUT2D eigenvalue weighted by Gasteiger charge is 2.20. The SMILES string of the molecule is Cc1noc(C)c1C(=O)Oc1cccc([N+](=O)[O-])c1. The van der Waals surface area contributed by atoms with Crippen molar-refractivity contribution < 1.29 is 19.0 Å². The van der Waals surface area contributed by atoms with E-state index in [1.54, 1.807) is 13.8 Å². The summed E-state index contributed by atoms with van der Waals surface area (Å²) in [5.41, 5.74) is 0.489. The molecule has 1 aromatic carbocycles. The van der Waals surface area contributed by atoms with Gasteiger partial charge in [0.2, 0.25) is 0 Å². The van der Waals surface area contributed by atoms with E-state index >= 15 is 0 Å². The first-order valence-corrected chi connectivity index (χ1v) is 5.38. The molecule has 0 aliphatic heterocycles. The van der Waals surface area contributed by atoms with Crippen LogP contribution in [0.5, 0.6) is 5.75 Å². The van der Waals surface area contributed by atoms with Crippen molar-refractivity contribution in [1.82, 2.24) is 5.16 Å². The molecule has 0 unspecified atom stereocenters. The van der Waals surface area contributed by atoms with Crippen LogP contribution in [0.3, 0.4) is 0 Å². The van der Waals surface area contributed by atoms with Crippen molar-refractivity contribution in [1.29, 1.82) is 0 Å². The third-order valence-electron chi connectivity index (χ3n) is 2.48. The summed E-state index contributed by atoms with van der Waals surface area (Å²) < 4.78 is 9.92. The van der Waals surface area contributed by atoms with Gasteiger partial charge in [0.25, 0.3) is 5.69 Å². The summed E-state index contributed by atoms with van der Waals surface area (Å²) in [6, 6.07) is 5.39. The number of nitro benzene ring substituents is 1. The molecule has 98 valence electrons. The molecule has 0 bridgehead atoms. The number of hydrogen-bond donors (Lipinski definition) is 0. The Kier molecular flexibility index (Phi) is 3.28. The first-order valence-electron chi connectivity index (χ1n) is 5.38. The van der Waals surface area contributed by atoms with Crippen LogP contribution in [0.25, 0.3) is 0 Å². The lowest BCUT2D eigenvalue weighted by Gasteiger charge is -2.03. The Hall–Kier alpha value is -2.70. The van der Waals surface area contributed by atoms with Crippen LogP contribution >= 0.6 is 0 Å². The van der Waals surface area contributed by atoms with Crippen LogP contribution in [0.2, 0.25) is 0 Å². The predicted molar refractivity (Wildman–Crippen MR) is 64.0 cm³/mol. The molecule has 19 heavy (non-hydrogen) atoms. The highest BCUT2D eigenvalue weighted by atomic mass is 16.6. The molecule has 0 saturated carbocycles. The smallest absolute Gasteiger partial charge is 0.349 e. The molecule has 0 aliphatic rings.